The van der Waals surface area contributed by atoms with Gasteiger partial charge in [0.25, 0.3) is 5.91 Å². The van der Waals surface area contributed by atoms with Crippen LogP contribution in [0.15, 0.2) is 64.4 Å². The number of hydrogen-bond acceptors (Lipinski definition) is 2. The number of hydrogen-bond donors (Lipinski definition) is 0. The van der Waals surface area contributed by atoms with Gasteiger partial charge in [-0.15, -0.1) is 0 Å². The van der Waals surface area contributed by atoms with Gasteiger partial charge in [-0.3, -0.25) is 4.79 Å². The lowest BCUT2D eigenvalue weighted by Gasteiger charge is -2.26. The van der Waals surface area contributed by atoms with Gasteiger partial charge in [-0.1, -0.05) is 54.2 Å². The number of benzene rings is 2. The van der Waals surface area contributed by atoms with Crippen LogP contribution < -0.4 is 4.90 Å². The Kier molecular flexibility index (Phi) is 3.13. The highest BCUT2D eigenvalue weighted by Gasteiger charge is 2.25. The van der Waals surface area contributed by atoms with E-state index in [1.54, 1.807) is 4.90 Å². The van der Waals surface area contributed by atoms with Crippen molar-refractivity contribution in [3.8, 4) is 0 Å². The van der Waals surface area contributed by atoms with E-state index in [0.717, 1.165) is 21.1 Å². The molecular weight excluding hydrogens is 254 g/mol. The van der Waals surface area contributed by atoms with Gasteiger partial charge in [-0.2, -0.15) is 0 Å². The van der Waals surface area contributed by atoms with E-state index in [1.807, 2.05) is 67.7 Å². The number of para-hydroxylation sites is 1. The van der Waals surface area contributed by atoms with Crippen molar-refractivity contribution < 1.29 is 4.79 Å². The normalized spacial score (nSPS) is 16.6. The predicted octanol–water partition coefficient (Wildman–Crippen LogP) is 3.80. The highest BCUT2D eigenvalue weighted by atomic mass is 32.2. The molecule has 3 rings (SSSR count). The minimum Gasteiger partial charge on any atom is -0.310 e. The molecule has 1 aliphatic rings. The van der Waals surface area contributed by atoms with Gasteiger partial charge >= 0.3 is 0 Å². The predicted molar refractivity (Wildman–Crippen MR) is 80.1 cm³/mol. The maximum Gasteiger partial charge on any atom is 0.264 e. The number of fused-ring (bicyclic) bond motifs is 1. The fraction of sp³-hybridized carbons (Fsp3) is 0.0625. The van der Waals surface area contributed by atoms with E-state index >= 15 is 0 Å². The largest absolute Gasteiger partial charge is 0.310 e. The zero-order chi connectivity index (χ0) is 13.2. The number of thioether (sulfide) groups is 1. The number of nitrogens with zero attached hydrogens (tertiary/aromatic N) is 1. The van der Waals surface area contributed by atoms with Crippen molar-refractivity contribution in [3.63, 3.8) is 0 Å². The fourth-order valence-corrected chi connectivity index (χ4v) is 3.16. The Morgan fingerprint density at radius 3 is 2.47 bits per heavy atom. The van der Waals surface area contributed by atoms with Gasteiger partial charge in [-0.05, 0) is 23.8 Å². The molecule has 0 saturated heterocycles. The van der Waals surface area contributed by atoms with Crippen LogP contribution in [0.5, 0.6) is 0 Å². The summed E-state index contributed by atoms with van der Waals surface area (Å²) in [5, 5.41) is 0. The summed E-state index contributed by atoms with van der Waals surface area (Å²) >= 11 is 1.53. The molecule has 0 N–H and O–H groups in total. The van der Waals surface area contributed by atoms with Gasteiger partial charge in [-0.25, -0.2) is 0 Å². The first-order chi connectivity index (χ1) is 9.25. The quantitative estimate of drug-likeness (QED) is 0.733. The maximum atomic E-state index is 12.3. The number of rotatable bonds is 1. The Balaban J connectivity index is 2.02. The van der Waals surface area contributed by atoms with Crippen LogP contribution in [-0.4, -0.2) is 13.0 Å². The Labute approximate surface area is 116 Å². The van der Waals surface area contributed by atoms with Crippen LogP contribution in [0, 0.1) is 0 Å². The zero-order valence-corrected chi connectivity index (χ0v) is 11.4. The van der Waals surface area contributed by atoms with Crippen molar-refractivity contribution in [2.75, 3.05) is 11.9 Å². The van der Waals surface area contributed by atoms with E-state index in [-0.39, 0.29) is 5.91 Å². The lowest BCUT2D eigenvalue weighted by molar-refractivity contribution is -0.114. The smallest absolute Gasteiger partial charge is 0.264 e. The van der Waals surface area contributed by atoms with Gasteiger partial charge < -0.3 is 4.90 Å². The molecule has 0 spiro atoms. The average Bonchev–Trinajstić information content (AvgIpc) is 2.46. The Morgan fingerprint density at radius 2 is 1.68 bits per heavy atom. The molecule has 3 heteroatoms. The van der Waals surface area contributed by atoms with E-state index in [1.165, 1.54) is 11.8 Å². The molecule has 0 aromatic heterocycles. The number of amides is 1. The fourth-order valence-electron chi connectivity index (χ4n) is 2.05. The molecule has 2 nitrogen and oxygen atoms in total. The third-order valence-electron chi connectivity index (χ3n) is 3.06. The number of carbonyl (C=O) groups excluding carboxylic acids is 1. The minimum absolute atomic E-state index is 0.0487. The summed E-state index contributed by atoms with van der Waals surface area (Å²) in [4.78, 5) is 15.9. The second-order valence-corrected chi connectivity index (χ2v) is 5.44. The lowest BCUT2D eigenvalue weighted by Crippen LogP contribution is -2.29. The molecule has 0 atom stereocenters. The molecule has 1 heterocycles. The standard InChI is InChI=1S/C16H13NOS/c1-17-13-9-5-6-10-14(13)19-15(16(17)18)11-12-7-3-2-4-8-12/h2-11H,1H3/b15-11+. The molecule has 1 amide bonds. The van der Waals surface area contributed by atoms with E-state index in [2.05, 4.69) is 0 Å². The summed E-state index contributed by atoms with van der Waals surface area (Å²) in [6.07, 6.45) is 1.94. The van der Waals surface area contributed by atoms with Gasteiger partial charge in [0.1, 0.15) is 0 Å². The van der Waals surface area contributed by atoms with Crippen LogP contribution >= 0.6 is 11.8 Å². The van der Waals surface area contributed by atoms with Crippen LogP contribution in [-0.2, 0) is 4.79 Å². The van der Waals surface area contributed by atoms with Crippen LogP contribution in [0.2, 0.25) is 0 Å². The zero-order valence-electron chi connectivity index (χ0n) is 10.5. The topological polar surface area (TPSA) is 20.3 Å². The van der Waals surface area contributed by atoms with Gasteiger partial charge in [0.05, 0.1) is 10.6 Å². The van der Waals surface area contributed by atoms with Crippen molar-refractivity contribution in [2.24, 2.45) is 0 Å². The van der Waals surface area contributed by atoms with E-state index in [0.29, 0.717) is 0 Å². The van der Waals surface area contributed by atoms with Crippen molar-refractivity contribution in [3.05, 3.63) is 65.1 Å². The molecule has 0 bridgehead atoms. The first kappa shape index (κ1) is 12.1. The van der Waals surface area contributed by atoms with Crippen molar-refractivity contribution >= 4 is 29.4 Å². The summed E-state index contributed by atoms with van der Waals surface area (Å²) in [5.74, 6) is 0.0487. The molecule has 0 saturated carbocycles. The molecule has 19 heavy (non-hydrogen) atoms. The molecule has 0 unspecified atom stereocenters. The third-order valence-corrected chi connectivity index (χ3v) is 4.14. The summed E-state index contributed by atoms with van der Waals surface area (Å²) in [5.41, 5.74) is 2.02. The molecule has 94 valence electrons. The molecule has 0 aliphatic carbocycles. The Morgan fingerprint density at radius 1 is 1.00 bits per heavy atom. The van der Waals surface area contributed by atoms with E-state index in [9.17, 15) is 4.79 Å². The Hall–Kier alpha value is -2.00. The second-order valence-electron chi connectivity index (χ2n) is 4.35. The lowest BCUT2D eigenvalue weighted by atomic mass is 10.2. The maximum absolute atomic E-state index is 12.3. The molecule has 2 aromatic rings. The van der Waals surface area contributed by atoms with Gasteiger partial charge in [0, 0.05) is 11.9 Å². The van der Waals surface area contributed by atoms with Gasteiger partial charge in [0.15, 0.2) is 0 Å². The molecule has 2 aromatic carbocycles. The number of likely N-dealkylation sites (N-methyl/N-ethyl adjacent to an activating group) is 1. The van der Waals surface area contributed by atoms with E-state index in [4.69, 9.17) is 0 Å². The highest BCUT2D eigenvalue weighted by molar-refractivity contribution is 8.04. The average molecular weight is 267 g/mol. The summed E-state index contributed by atoms with van der Waals surface area (Å²) in [7, 11) is 1.82. The van der Waals surface area contributed by atoms with Gasteiger partial charge in [0.2, 0.25) is 0 Å². The first-order valence-electron chi connectivity index (χ1n) is 6.07. The van der Waals surface area contributed by atoms with Crippen LogP contribution in [0.4, 0.5) is 5.69 Å². The summed E-state index contributed by atoms with van der Waals surface area (Å²) in [6, 6.07) is 17.9. The monoisotopic (exact) mass is 267 g/mol. The second kappa shape index (κ2) is 4.94. The minimum atomic E-state index is 0.0487. The molecule has 0 fully saturated rings. The van der Waals surface area contributed by atoms with E-state index < -0.39 is 0 Å². The number of anilines is 1. The Bertz CT molecular complexity index is 649. The van der Waals surface area contributed by atoms with Crippen LogP contribution in [0.3, 0.4) is 0 Å². The van der Waals surface area contributed by atoms with Crippen LogP contribution in [0.1, 0.15) is 5.56 Å². The number of carbonyl (C=O) groups is 1. The van der Waals surface area contributed by atoms with Crippen molar-refractivity contribution in [2.45, 2.75) is 4.90 Å². The molecule has 0 radical (unpaired) electrons. The molecular formula is C16H13NOS. The van der Waals surface area contributed by atoms with Crippen molar-refractivity contribution in [1.82, 2.24) is 0 Å². The highest BCUT2D eigenvalue weighted by Crippen LogP contribution is 2.41. The summed E-state index contributed by atoms with van der Waals surface area (Å²) < 4.78 is 0. The first-order valence-corrected chi connectivity index (χ1v) is 6.89. The van der Waals surface area contributed by atoms with Crippen molar-refractivity contribution in [1.29, 1.82) is 0 Å². The molecule has 1 aliphatic heterocycles. The van der Waals surface area contributed by atoms with Crippen LogP contribution in [0.25, 0.3) is 6.08 Å². The SMILES string of the molecule is CN1C(=O)/C(=C\c2ccccc2)Sc2ccccc21. The third kappa shape index (κ3) is 2.29. The summed E-state index contributed by atoms with van der Waals surface area (Å²) in [6.45, 7) is 0.